The number of hydrogen-bond acceptors (Lipinski definition) is 4. The maximum absolute atomic E-state index is 12.0. The van der Waals surface area contributed by atoms with Crippen molar-refractivity contribution in [2.45, 2.75) is 17.7 Å². The van der Waals surface area contributed by atoms with E-state index in [9.17, 15) is 4.79 Å². The highest BCUT2D eigenvalue weighted by atomic mass is 32.2. The first kappa shape index (κ1) is 15.1. The topological polar surface area (TPSA) is 42.0 Å². The zero-order chi connectivity index (χ0) is 15.2. The predicted molar refractivity (Wildman–Crippen MR) is 94.6 cm³/mol. The number of carbonyl (C=O) groups is 1. The second-order valence-corrected chi connectivity index (χ2v) is 6.90. The summed E-state index contributed by atoms with van der Waals surface area (Å²) < 4.78 is 1.14. The molecule has 2 aromatic carbocycles. The van der Waals surface area contributed by atoms with Crippen molar-refractivity contribution in [2.75, 3.05) is 11.1 Å². The first-order valence-electron chi connectivity index (χ1n) is 7.12. The van der Waals surface area contributed by atoms with Gasteiger partial charge < -0.3 is 5.32 Å². The predicted octanol–water partition coefficient (Wildman–Crippen LogP) is 4.81. The Labute approximate surface area is 137 Å². The number of benzene rings is 2. The molecule has 3 nitrogen and oxygen atoms in total. The summed E-state index contributed by atoms with van der Waals surface area (Å²) >= 11 is 3.39. The molecule has 0 aliphatic heterocycles. The van der Waals surface area contributed by atoms with Crippen molar-refractivity contribution in [3.8, 4) is 0 Å². The first-order chi connectivity index (χ1) is 10.8. The number of fused-ring (bicyclic) bond motifs is 1. The summed E-state index contributed by atoms with van der Waals surface area (Å²) in [6.45, 7) is 0. The average Bonchev–Trinajstić information content (AvgIpc) is 3.00. The Bertz CT molecular complexity index is 755. The molecule has 1 amide bonds. The second kappa shape index (κ2) is 7.42. The quantitative estimate of drug-likeness (QED) is 0.522. The van der Waals surface area contributed by atoms with Gasteiger partial charge in [-0.05, 0) is 42.5 Å². The van der Waals surface area contributed by atoms with E-state index in [1.807, 2.05) is 41.9 Å². The Morgan fingerprint density at radius 3 is 2.91 bits per heavy atom. The van der Waals surface area contributed by atoms with Gasteiger partial charge in [-0.1, -0.05) is 18.2 Å². The fraction of sp³-hybridized carbons (Fsp3) is 0.176. The molecule has 1 N–H and O–H groups in total. The lowest BCUT2D eigenvalue weighted by Gasteiger charge is -2.05. The smallest absolute Gasteiger partial charge is 0.224 e. The summed E-state index contributed by atoms with van der Waals surface area (Å²) in [5, 5.41) is 2.94. The molecule has 0 aliphatic rings. The molecule has 0 aliphatic carbocycles. The number of nitrogens with one attached hydrogen (secondary N) is 1. The molecule has 1 aromatic heterocycles. The molecule has 0 radical (unpaired) electrons. The molecule has 0 unspecified atom stereocenters. The molecule has 3 aromatic rings. The van der Waals surface area contributed by atoms with Crippen LogP contribution >= 0.6 is 23.1 Å². The Morgan fingerprint density at radius 2 is 2.05 bits per heavy atom. The number of thioether (sulfide) groups is 1. The summed E-state index contributed by atoms with van der Waals surface area (Å²) in [5.74, 6) is 1.01. The molecule has 22 heavy (non-hydrogen) atoms. The van der Waals surface area contributed by atoms with Crippen molar-refractivity contribution in [2.24, 2.45) is 0 Å². The van der Waals surface area contributed by atoms with Crippen LogP contribution in [0.2, 0.25) is 0 Å². The first-order valence-corrected chi connectivity index (χ1v) is 8.99. The van der Waals surface area contributed by atoms with E-state index in [1.54, 1.807) is 23.1 Å². The van der Waals surface area contributed by atoms with E-state index in [4.69, 9.17) is 0 Å². The molecule has 112 valence electrons. The van der Waals surface area contributed by atoms with E-state index < -0.39 is 0 Å². The normalized spacial score (nSPS) is 10.7. The van der Waals surface area contributed by atoms with Crippen LogP contribution in [0, 0.1) is 0 Å². The second-order valence-electron chi connectivity index (χ2n) is 4.85. The van der Waals surface area contributed by atoms with Crippen molar-refractivity contribution < 1.29 is 4.79 Å². The van der Waals surface area contributed by atoms with E-state index in [1.165, 1.54) is 4.90 Å². The largest absolute Gasteiger partial charge is 0.326 e. The van der Waals surface area contributed by atoms with Crippen molar-refractivity contribution in [1.82, 2.24) is 4.98 Å². The third-order valence-electron chi connectivity index (χ3n) is 3.17. The molecule has 0 fully saturated rings. The van der Waals surface area contributed by atoms with Crippen LogP contribution in [0.5, 0.6) is 0 Å². The lowest BCUT2D eigenvalue weighted by molar-refractivity contribution is -0.116. The number of nitrogens with zero attached hydrogens (tertiary/aromatic N) is 1. The van der Waals surface area contributed by atoms with Crippen molar-refractivity contribution in [3.05, 3.63) is 54.0 Å². The van der Waals surface area contributed by atoms with Gasteiger partial charge >= 0.3 is 0 Å². The Hall–Kier alpha value is -1.85. The van der Waals surface area contributed by atoms with Gasteiger partial charge in [0.25, 0.3) is 0 Å². The molecule has 0 atom stereocenters. The molecule has 0 saturated heterocycles. The Balaban J connectivity index is 1.44. The third-order valence-corrected chi connectivity index (χ3v) is 5.08. The molecule has 3 rings (SSSR count). The standard InChI is InChI=1S/C17H16N2OS2/c20-17(7-4-10-21-14-5-2-1-3-6-14)19-13-8-9-16-15(11-13)18-12-22-16/h1-3,5-6,8-9,11-12H,4,7,10H2,(H,19,20). The van der Waals surface area contributed by atoms with Gasteiger partial charge in [-0.25, -0.2) is 4.98 Å². The molecule has 0 saturated carbocycles. The van der Waals surface area contributed by atoms with E-state index in [0.717, 1.165) is 28.1 Å². The van der Waals surface area contributed by atoms with Gasteiger partial charge in [0, 0.05) is 17.0 Å². The molecule has 1 heterocycles. The maximum Gasteiger partial charge on any atom is 0.224 e. The number of anilines is 1. The highest BCUT2D eigenvalue weighted by Crippen LogP contribution is 2.22. The number of rotatable bonds is 6. The van der Waals surface area contributed by atoms with Gasteiger partial charge in [0.1, 0.15) is 0 Å². The van der Waals surface area contributed by atoms with Crippen LogP contribution in [0.4, 0.5) is 5.69 Å². The molecule has 5 heteroatoms. The van der Waals surface area contributed by atoms with Crippen molar-refractivity contribution in [3.63, 3.8) is 0 Å². The average molecular weight is 328 g/mol. The lowest BCUT2D eigenvalue weighted by atomic mass is 10.2. The Kier molecular flexibility index (Phi) is 5.08. The third kappa shape index (κ3) is 4.08. The summed E-state index contributed by atoms with van der Waals surface area (Å²) in [5.41, 5.74) is 3.57. The van der Waals surface area contributed by atoms with Gasteiger partial charge in [0.05, 0.1) is 15.7 Å². The van der Waals surface area contributed by atoms with Gasteiger partial charge in [-0.15, -0.1) is 23.1 Å². The van der Waals surface area contributed by atoms with Gasteiger partial charge in [0.15, 0.2) is 0 Å². The van der Waals surface area contributed by atoms with Gasteiger partial charge in [-0.2, -0.15) is 0 Å². The van der Waals surface area contributed by atoms with Crippen LogP contribution < -0.4 is 5.32 Å². The molecule has 0 spiro atoms. The molecular weight excluding hydrogens is 312 g/mol. The highest BCUT2D eigenvalue weighted by molar-refractivity contribution is 7.99. The zero-order valence-electron chi connectivity index (χ0n) is 12.0. The number of thiazole rings is 1. The van der Waals surface area contributed by atoms with E-state index >= 15 is 0 Å². The molecule has 0 bridgehead atoms. The number of hydrogen-bond donors (Lipinski definition) is 1. The summed E-state index contributed by atoms with van der Waals surface area (Å²) in [6.07, 6.45) is 1.40. The van der Waals surface area contributed by atoms with E-state index in [-0.39, 0.29) is 5.91 Å². The number of carbonyl (C=O) groups excluding carboxylic acids is 1. The van der Waals surface area contributed by atoms with E-state index in [2.05, 4.69) is 22.4 Å². The van der Waals surface area contributed by atoms with Crippen molar-refractivity contribution >= 4 is 44.9 Å². The van der Waals surface area contributed by atoms with E-state index in [0.29, 0.717) is 6.42 Å². The maximum atomic E-state index is 12.0. The zero-order valence-corrected chi connectivity index (χ0v) is 13.6. The van der Waals surface area contributed by atoms with Crippen LogP contribution in [0.1, 0.15) is 12.8 Å². The minimum atomic E-state index is 0.0586. The molecular formula is C17H16N2OS2. The van der Waals surface area contributed by atoms with Gasteiger partial charge in [0.2, 0.25) is 5.91 Å². The number of aromatic nitrogens is 1. The van der Waals surface area contributed by atoms with Crippen molar-refractivity contribution in [1.29, 1.82) is 0 Å². The van der Waals surface area contributed by atoms with Crippen LogP contribution in [-0.4, -0.2) is 16.6 Å². The lowest BCUT2D eigenvalue weighted by Crippen LogP contribution is -2.11. The fourth-order valence-electron chi connectivity index (χ4n) is 2.10. The minimum Gasteiger partial charge on any atom is -0.326 e. The van der Waals surface area contributed by atoms with Crippen LogP contribution in [-0.2, 0) is 4.79 Å². The summed E-state index contributed by atoms with van der Waals surface area (Å²) in [4.78, 5) is 17.5. The SMILES string of the molecule is O=C(CCCSc1ccccc1)Nc1ccc2scnc2c1. The highest BCUT2D eigenvalue weighted by Gasteiger charge is 2.04. The monoisotopic (exact) mass is 328 g/mol. The van der Waals surface area contributed by atoms with Crippen LogP contribution in [0.3, 0.4) is 0 Å². The minimum absolute atomic E-state index is 0.0586. The van der Waals surface area contributed by atoms with Crippen LogP contribution in [0.25, 0.3) is 10.2 Å². The number of amides is 1. The fourth-order valence-corrected chi connectivity index (χ4v) is 3.63. The summed E-state index contributed by atoms with van der Waals surface area (Å²) in [7, 11) is 0. The van der Waals surface area contributed by atoms with Gasteiger partial charge in [-0.3, -0.25) is 4.79 Å². The van der Waals surface area contributed by atoms with Crippen LogP contribution in [0.15, 0.2) is 58.9 Å². The summed E-state index contributed by atoms with van der Waals surface area (Å²) in [6, 6.07) is 16.1. The Morgan fingerprint density at radius 1 is 1.18 bits per heavy atom.